The Morgan fingerprint density at radius 3 is 2.35 bits per heavy atom. The van der Waals surface area contributed by atoms with Crippen LogP contribution in [0.3, 0.4) is 0 Å². The summed E-state index contributed by atoms with van der Waals surface area (Å²) in [6.45, 7) is 8.24. The van der Waals surface area contributed by atoms with Crippen LogP contribution in [0.2, 0.25) is 0 Å². The molecule has 6 rings (SSSR count). The number of ether oxygens (including phenoxy) is 2. The highest BCUT2D eigenvalue weighted by Gasteiger charge is 2.54. The number of thioether (sulfide) groups is 2. The first-order valence-corrected chi connectivity index (χ1v) is 21.1. The van der Waals surface area contributed by atoms with E-state index in [0.717, 1.165) is 36.2 Å². The number of carboxylic acid groups (broad SMARTS) is 2. The van der Waals surface area contributed by atoms with Crippen molar-refractivity contribution in [3.8, 4) is 11.5 Å². The number of carbonyl (C=O) groups excluding carboxylic acids is 6. The first kappa shape index (κ1) is 45.5. The Morgan fingerprint density at radius 1 is 1.02 bits per heavy atom. The number of fused-ring (bicyclic) bond motifs is 2. The summed E-state index contributed by atoms with van der Waals surface area (Å²) in [5.41, 5.74) is 9.02. The zero-order chi connectivity index (χ0) is 46.1. The van der Waals surface area contributed by atoms with Crippen LogP contribution in [0.25, 0.3) is 5.65 Å². The minimum atomic E-state index is -1.88. The van der Waals surface area contributed by atoms with E-state index >= 15 is 0 Å². The lowest BCUT2D eigenvalue weighted by Crippen LogP contribution is -2.71. The van der Waals surface area contributed by atoms with Crippen molar-refractivity contribution in [2.45, 2.75) is 63.6 Å². The molecule has 23 nitrogen and oxygen atoms in total. The van der Waals surface area contributed by atoms with E-state index in [2.05, 4.69) is 36.4 Å². The molecule has 4 aromatic rings. The molecule has 1 aromatic carbocycles. The molecule has 1 saturated heterocycles. The lowest BCUT2D eigenvalue weighted by molar-refractivity contribution is -0.150. The number of aliphatic carboxylic acids is 1. The summed E-state index contributed by atoms with van der Waals surface area (Å²) in [6, 6.07) is 2.34. The number of rotatable bonds is 14. The average molecular weight is 925 g/mol. The summed E-state index contributed by atoms with van der Waals surface area (Å²) in [5.74, 6) is -7.69. The van der Waals surface area contributed by atoms with Gasteiger partial charge in [0.05, 0.1) is 6.20 Å². The maximum Gasteiger partial charge on any atom is 0.352 e. The van der Waals surface area contributed by atoms with Crippen molar-refractivity contribution in [3.63, 3.8) is 0 Å². The number of hydrogen-bond donors (Lipinski definition) is 6. The lowest BCUT2D eigenvalue weighted by Gasteiger charge is -2.49. The number of nitrogens with zero attached hydrogens (tertiary/aromatic N) is 6. The Balaban J connectivity index is 1.14. The summed E-state index contributed by atoms with van der Waals surface area (Å²) in [6.07, 6.45) is 1.18. The van der Waals surface area contributed by atoms with Gasteiger partial charge in [-0.05, 0) is 51.5 Å². The second kappa shape index (κ2) is 18.1. The predicted molar refractivity (Wildman–Crippen MR) is 223 cm³/mol. The van der Waals surface area contributed by atoms with Crippen molar-refractivity contribution in [1.82, 2.24) is 40.7 Å². The first-order chi connectivity index (χ1) is 29.7. The Hall–Kier alpha value is -7.06. The normalized spacial score (nSPS) is 16.1. The third-order valence-electron chi connectivity index (χ3n) is 9.12. The number of nitrogens with two attached hydrogens (primary N) is 1. The molecule has 2 aliphatic heterocycles. The number of hydrogen-bond acceptors (Lipinski definition) is 19. The van der Waals surface area contributed by atoms with Gasteiger partial charge in [0.15, 0.2) is 28.0 Å². The number of carboxylic acids is 2. The Bertz CT molecular complexity index is 2690. The molecule has 1 fully saturated rings. The molecule has 26 heteroatoms. The van der Waals surface area contributed by atoms with Crippen molar-refractivity contribution in [1.29, 1.82) is 0 Å². The van der Waals surface area contributed by atoms with Gasteiger partial charge in [0.1, 0.15) is 33.4 Å². The third kappa shape index (κ3) is 9.56. The highest BCUT2D eigenvalue weighted by molar-refractivity contribution is 8.01. The van der Waals surface area contributed by atoms with Gasteiger partial charge in [-0.2, -0.15) is 5.10 Å². The molecule has 0 aliphatic carbocycles. The summed E-state index contributed by atoms with van der Waals surface area (Å²) < 4.78 is 11.4. The molecule has 3 aromatic heterocycles. The van der Waals surface area contributed by atoms with E-state index in [-0.39, 0.29) is 56.3 Å². The number of β-lactam (4-membered cyclic amide) rings is 1. The van der Waals surface area contributed by atoms with Crippen molar-refractivity contribution < 1.29 is 62.9 Å². The molecule has 0 bridgehead atoms. The summed E-state index contributed by atoms with van der Waals surface area (Å²) in [5, 5.41) is 31.7. The molecule has 0 radical (unpaired) electrons. The number of hydrazine groups is 1. The Morgan fingerprint density at radius 2 is 1.71 bits per heavy atom. The van der Waals surface area contributed by atoms with Crippen molar-refractivity contribution in [2.24, 2.45) is 5.16 Å². The van der Waals surface area contributed by atoms with Crippen molar-refractivity contribution in [3.05, 3.63) is 69.1 Å². The quantitative estimate of drug-likeness (QED) is 0.0198. The minimum absolute atomic E-state index is 0.0473. The molecular formula is C37H36N10O13S3. The van der Waals surface area contributed by atoms with Gasteiger partial charge in [-0.25, -0.2) is 24.1 Å². The van der Waals surface area contributed by atoms with Gasteiger partial charge in [-0.3, -0.25) is 44.5 Å². The molecule has 63 heavy (non-hydrogen) atoms. The van der Waals surface area contributed by atoms with Crippen LogP contribution in [0.1, 0.15) is 65.4 Å². The first-order valence-electron chi connectivity index (χ1n) is 18.2. The number of benzene rings is 1. The van der Waals surface area contributed by atoms with Gasteiger partial charge >= 0.3 is 23.9 Å². The smallest absolute Gasteiger partial charge is 0.352 e. The fourth-order valence-corrected chi connectivity index (χ4v) is 9.09. The van der Waals surface area contributed by atoms with E-state index in [9.17, 15) is 48.6 Å². The number of oxime groups is 1. The molecule has 7 N–H and O–H groups in total. The maximum absolute atomic E-state index is 13.8. The zero-order valence-corrected chi connectivity index (χ0v) is 36.3. The molecule has 4 amide bonds. The van der Waals surface area contributed by atoms with Crippen molar-refractivity contribution in [2.75, 3.05) is 17.2 Å². The van der Waals surface area contributed by atoms with Crippen LogP contribution in [0.4, 0.5) is 5.13 Å². The molecule has 1 unspecified atom stereocenters. The second-order valence-electron chi connectivity index (χ2n) is 14.0. The SMILES string of the molecule is CC(=O)Oc1ccc(C(=O)NNC(=O)C(C)(C)ON=C(C(=O)NC2C(=O)N3C(C(=O)O)=C(CSc4c(C)c(C)nc5c(C(=O)O)cnn45)CS[C@H]23)c2csc(N)n2)cc1OC(C)=O. The summed E-state index contributed by atoms with van der Waals surface area (Å²) >= 11 is 3.37. The monoisotopic (exact) mass is 924 g/mol. The zero-order valence-electron chi connectivity index (χ0n) is 33.8. The van der Waals surface area contributed by atoms with Crippen LogP contribution in [-0.4, -0.2) is 116 Å². The van der Waals surface area contributed by atoms with E-state index in [1.165, 1.54) is 65.6 Å². The van der Waals surface area contributed by atoms with E-state index < -0.39 is 70.2 Å². The molecular weight excluding hydrogens is 889 g/mol. The fourth-order valence-electron chi connectivity index (χ4n) is 5.90. The number of aromatic carboxylic acids is 1. The second-order valence-corrected chi connectivity index (χ2v) is 17.0. The summed E-state index contributed by atoms with van der Waals surface area (Å²) in [4.78, 5) is 116. The van der Waals surface area contributed by atoms with Crippen LogP contribution in [-0.2, 0) is 33.6 Å². The van der Waals surface area contributed by atoms with Gasteiger partial charge in [0.2, 0.25) is 5.60 Å². The number of esters is 2. The van der Waals surface area contributed by atoms with Crippen LogP contribution in [0, 0.1) is 13.8 Å². The molecule has 0 spiro atoms. The number of aryl methyl sites for hydroxylation is 1. The van der Waals surface area contributed by atoms with Gasteiger partial charge in [0, 0.05) is 47.6 Å². The van der Waals surface area contributed by atoms with Gasteiger partial charge < -0.3 is 35.6 Å². The number of nitrogens with one attached hydrogen (secondary N) is 3. The molecule has 0 saturated carbocycles. The number of nitrogen functional groups attached to an aromatic ring is 1. The van der Waals surface area contributed by atoms with E-state index in [1.54, 1.807) is 13.8 Å². The Labute approximate surface area is 367 Å². The van der Waals surface area contributed by atoms with E-state index in [4.69, 9.17) is 20.0 Å². The predicted octanol–water partition coefficient (Wildman–Crippen LogP) is 1.43. The number of aromatic nitrogens is 4. The molecule has 2 atom stereocenters. The van der Waals surface area contributed by atoms with Gasteiger partial charge in [-0.15, -0.1) is 34.9 Å². The standard InChI is InChI=1S/C37H36N10O13S3/c1-14-15(2)40-27-20(33(53)54)10-39-47(27)31(14)61-11-19-12-62-32-25(30(52)46(32)26(19)34(55)56)42-29(51)24(21-13-63-36(38)41-21)45-60-37(5,6)35(57)44-43-28(50)18-7-8-22(58-16(3)48)23(9-18)59-17(4)49/h7-10,13,25,32H,11-12H2,1-6H3,(H2,38,41)(H,42,51)(H,43,50)(H,44,57)(H,53,54)(H,55,56)/t25?,32-/m1/s1. The fraction of sp³-hybridized carbons (Fsp3) is 0.297. The van der Waals surface area contributed by atoms with Crippen LogP contribution >= 0.6 is 34.9 Å². The molecule has 2 aliphatic rings. The lowest BCUT2D eigenvalue weighted by atomic mass is 10.0. The minimum Gasteiger partial charge on any atom is -0.477 e. The summed E-state index contributed by atoms with van der Waals surface area (Å²) in [7, 11) is 0. The average Bonchev–Trinajstić information content (AvgIpc) is 3.84. The molecule has 5 heterocycles. The van der Waals surface area contributed by atoms with Crippen LogP contribution < -0.4 is 31.4 Å². The van der Waals surface area contributed by atoms with E-state index in [0.29, 0.717) is 21.9 Å². The third-order valence-corrected chi connectivity index (χ3v) is 12.4. The largest absolute Gasteiger partial charge is 0.477 e. The van der Waals surface area contributed by atoms with Gasteiger partial charge in [0.25, 0.3) is 23.6 Å². The maximum atomic E-state index is 13.8. The van der Waals surface area contributed by atoms with Crippen molar-refractivity contribution >= 4 is 98.9 Å². The molecule has 330 valence electrons. The Kier molecular flexibility index (Phi) is 13.1. The van der Waals surface area contributed by atoms with Gasteiger partial charge in [-0.1, -0.05) is 5.16 Å². The highest BCUT2D eigenvalue weighted by Crippen LogP contribution is 2.42. The number of thiazole rings is 1. The van der Waals surface area contributed by atoms with Crippen LogP contribution in [0.15, 0.2) is 51.2 Å². The number of carbonyl (C=O) groups is 8. The highest BCUT2D eigenvalue weighted by atomic mass is 32.2. The topological polar surface area (TPSA) is 326 Å². The number of anilines is 1. The van der Waals surface area contributed by atoms with E-state index in [1.807, 2.05) is 0 Å². The van der Waals surface area contributed by atoms with Crippen LogP contribution in [0.5, 0.6) is 11.5 Å². The number of amides is 4.